The standard InChI is InChI=1S/C26H29NO5/c1-16-9-11-17(12-10-16)22-18(15-28)13-14-21(29)26(22)19-7-5-6-8-20(19)27(23(26)30)24(31)32-25(2,3)4/h5-12,15,18,21-22,29H,13-14H2,1-4H3/t18-,21-,22+,26-/m1/s1. The fourth-order valence-corrected chi connectivity index (χ4v) is 5.26. The van der Waals surface area contributed by atoms with E-state index in [1.54, 1.807) is 45.0 Å². The minimum Gasteiger partial charge on any atom is -0.443 e. The van der Waals surface area contributed by atoms with Gasteiger partial charge in [0.15, 0.2) is 0 Å². The van der Waals surface area contributed by atoms with Gasteiger partial charge in [-0.25, -0.2) is 9.69 Å². The largest absolute Gasteiger partial charge is 0.443 e. The average molecular weight is 436 g/mol. The third kappa shape index (κ3) is 3.34. The number of amides is 2. The number of carbonyl (C=O) groups is 3. The molecule has 2 aliphatic rings. The molecule has 2 aromatic rings. The number of carbonyl (C=O) groups excluding carboxylic acids is 3. The zero-order chi connectivity index (χ0) is 23.3. The number of imide groups is 1. The average Bonchev–Trinajstić information content (AvgIpc) is 2.99. The number of para-hydroxylation sites is 1. The van der Waals surface area contributed by atoms with Crippen molar-refractivity contribution in [2.24, 2.45) is 5.92 Å². The van der Waals surface area contributed by atoms with Crippen LogP contribution in [0, 0.1) is 12.8 Å². The second-order valence-corrected chi connectivity index (χ2v) is 9.79. The maximum absolute atomic E-state index is 14.1. The van der Waals surface area contributed by atoms with Gasteiger partial charge in [0.25, 0.3) is 5.91 Å². The Morgan fingerprint density at radius 2 is 1.78 bits per heavy atom. The van der Waals surface area contributed by atoms with Crippen LogP contribution in [0.15, 0.2) is 48.5 Å². The molecule has 0 radical (unpaired) electrons. The first-order chi connectivity index (χ1) is 15.1. The van der Waals surface area contributed by atoms with Gasteiger partial charge in [-0.2, -0.15) is 0 Å². The minimum atomic E-state index is -1.45. The van der Waals surface area contributed by atoms with Crippen molar-refractivity contribution in [3.05, 3.63) is 65.2 Å². The fraction of sp³-hybridized carbons (Fsp3) is 0.423. The fourth-order valence-electron chi connectivity index (χ4n) is 5.26. The van der Waals surface area contributed by atoms with Gasteiger partial charge in [0, 0.05) is 11.8 Å². The SMILES string of the molecule is Cc1ccc([C@H]2[C@@H](C=O)CC[C@@H](O)[C@@]23C(=O)N(C(=O)OC(C)(C)C)c2ccccc23)cc1. The van der Waals surface area contributed by atoms with Crippen LogP contribution in [0.25, 0.3) is 0 Å². The lowest BCUT2D eigenvalue weighted by atomic mass is 9.56. The molecule has 1 saturated carbocycles. The summed E-state index contributed by atoms with van der Waals surface area (Å²) in [6, 6.07) is 14.7. The predicted molar refractivity (Wildman–Crippen MR) is 121 cm³/mol. The number of hydrogen-bond acceptors (Lipinski definition) is 5. The number of aryl methyl sites for hydroxylation is 1. The third-order valence-corrected chi connectivity index (χ3v) is 6.55. The molecular weight excluding hydrogens is 406 g/mol. The highest BCUT2D eigenvalue weighted by Gasteiger charge is 2.64. The molecule has 168 valence electrons. The van der Waals surface area contributed by atoms with Crippen molar-refractivity contribution < 1.29 is 24.2 Å². The van der Waals surface area contributed by atoms with Crippen molar-refractivity contribution in [2.45, 2.75) is 63.6 Å². The number of aldehydes is 1. The number of hydrogen-bond donors (Lipinski definition) is 1. The molecule has 0 saturated heterocycles. The van der Waals surface area contributed by atoms with E-state index in [2.05, 4.69) is 0 Å². The van der Waals surface area contributed by atoms with E-state index in [4.69, 9.17) is 4.74 Å². The molecule has 6 nitrogen and oxygen atoms in total. The van der Waals surface area contributed by atoms with E-state index in [0.717, 1.165) is 22.3 Å². The lowest BCUT2D eigenvalue weighted by Gasteiger charge is -2.46. The van der Waals surface area contributed by atoms with Crippen molar-refractivity contribution in [1.29, 1.82) is 0 Å². The maximum atomic E-state index is 14.1. The first-order valence-corrected chi connectivity index (χ1v) is 11.0. The first kappa shape index (κ1) is 22.2. The molecular formula is C26H29NO5. The monoisotopic (exact) mass is 435 g/mol. The summed E-state index contributed by atoms with van der Waals surface area (Å²) in [5, 5.41) is 11.4. The molecule has 1 aliphatic heterocycles. The number of fused-ring (bicyclic) bond motifs is 2. The summed E-state index contributed by atoms with van der Waals surface area (Å²) in [6.07, 6.45) is -0.202. The molecule has 4 rings (SSSR count). The lowest BCUT2D eigenvalue weighted by Crippen LogP contribution is -2.58. The van der Waals surface area contributed by atoms with E-state index in [9.17, 15) is 19.5 Å². The Bertz CT molecular complexity index is 1050. The molecule has 6 heteroatoms. The smallest absolute Gasteiger partial charge is 0.421 e. The van der Waals surface area contributed by atoms with E-state index in [0.29, 0.717) is 17.7 Å². The van der Waals surface area contributed by atoms with Crippen molar-refractivity contribution in [2.75, 3.05) is 4.90 Å². The summed E-state index contributed by atoms with van der Waals surface area (Å²) < 4.78 is 5.54. The maximum Gasteiger partial charge on any atom is 0.421 e. The number of benzene rings is 2. The molecule has 2 aromatic carbocycles. The van der Waals surface area contributed by atoms with Gasteiger partial charge in [0.1, 0.15) is 17.3 Å². The molecule has 2 amide bonds. The van der Waals surface area contributed by atoms with Crippen LogP contribution in [0.3, 0.4) is 0 Å². The Balaban J connectivity index is 1.95. The first-order valence-electron chi connectivity index (χ1n) is 11.0. The van der Waals surface area contributed by atoms with Crippen molar-refractivity contribution in [3.63, 3.8) is 0 Å². The number of aliphatic hydroxyl groups is 1. The molecule has 0 unspecified atom stereocenters. The summed E-state index contributed by atoms with van der Waals surface area (Å²) in [4.78, 5) is 40.5. The highest BCUT2D eigenvalue weighted by atomic mass is 16.6. The summed E-state index contributed by atoms with van der Waals surface area (Å²) in [5.74, 6) is -1.63. The number of aliphatic hydroxyl groups excluding tert-OH is 1. The van der Waals surface area contributed by atoms with E-state index in [-0.39, 0.29) is 6.42 Å². The van der Waals surface area contributed by atoms with Crippen LogP contribution in [-0.2, 0) is 19.7 Å². The Hall–Kier alpha value is -2.99. The van der Waals surface area contributed by atoms with Crippen LogP contribution < -0.4 is 4.90 Å². The molecule has 1 heterocycles. The minimum absolute atomic E-state index is 0.286. The number of rotatable bonds is 2. The third-order valence-electron chi connectivity index (χ3n) is 6.55. The summed E-state index contributed by atoms with van der Waals surface area (Å²) >= 11 is 0. The zero-order valence-electron chi connectivity index (χ0n) is 18.9. The Kier molecular flexibility index (Phi) is 5.45. The topological polar surface area (TPSA) is 83.9 Å². The van der Waals surface area contributed by atoms with Crippen LogP contribution in [0.2, 0.25) is 0 Å². The van der Waals surface area contributed by atoms with Crippen LogP contribution >= 0.6 is 0 Å². The highest BCUT2D eigenvalue weighted by Crippen LogP contribution is 2.58. The molecule has 0 aromatic heterocycles. The molecule has 1 N–H and O–H groups in total. The molecule has 1 spiro atoms. The number of ether oxygens (including phenoxy) is 1. The van der Waals surface area contributed by atoms with Crippen LogP contribution in [0.4, 0.5) is 10.5 Å². The number of anilines is 1. The van der Waals surface area contributed by atoms with Gasteiger partial charge >= 0.3 is 6.09 Å². The van der Waals surface area contributed by atoms with Gasteiger partial charge < -0.3 is 14.6 Å². The van der Waals surface area contributed by atoms with Gasteiger partial charge in [-0.3, -0.25) is 4.79 Å². The Morgan fingerprint density at radius 3 is 2.41 bits per heavy atom. The van der Waals surface area contributed by atoms with Crippen molar-refractivity contribution >= 4 is 24.0 Å². The normalized spacial score (nSPS) is 27.3. The van der Waals surface area contributed by atoms with Gasteiger partial charge in [-0.05, 0) is 57.7 Å². The van der Waals surface area contributed by atoms with E-state index >= 15 is 0 Å². The number of nitrogens with zero attached hydrogens (tertiary/aromatic N) is 1. The van der Waals surface area contributed by atoms with Crippen molar-refractivity contribution in [1.82, 2.24) is 0 Å². The highest BCUT2D eigenvalue weighted by molar-refractivity contribution is 6.22. The summed E-state index contributed by atoms with van der Waals surface area (Å²) in [7, 11) is 0. The predicted octanol–water partition coefficient (Wildman–Crippen LogP) is 4.27. The van der Waals surface area contributed by atoms with E-state index < -0.39 is 41.0 Å². The van der Waals surface area contributed by atoms with Crippen LogP contribution in [-0.4, -0.2) is 35.1 Å². The van der Waals surface area contributed by atoms with E-state index in [1.807, 2.05) is 31.2 Å². The Morgan fingerprint density at radius 1 is 1.12 bits per heavy atom. The van der Waals surface area contributed by atoms with Gasteiger partial charge in [-0.15, -0.1) is 0 Å². The van der Waals surface area contributed by atoms with Crippen LogP contribution in [0.5, 0.6) is 0 Å². The zero-order valence-corrected chi connectivity index (χ0v) is 18.9. The van der Waals surface area contributed by atoms with Gasteiger partial charge in [0.2, 0.25) is 0 Å². The van der Waals surface area contributed by atoms with Crippen LogP contribution in [0.1, 0.15) is 56.2 Å². The summed E-state index contributed by atoms with van der Waals surface area (Å²) in [6.45, 7) is 7.17. The second-order valence-electron chi connectivity index (χ2n) is 9.79. The van der Waals surface area contributed by atoms with Gasteiger partial charge in [0.05, 0.1) is 11.8 Å². The molecule has 1 aliphatic carbocycles. The van der Waals surface area contributed by atoms with Gasteiger partial charge in [-0.1, -0.05) is 48.0 Å². The Labute approximate surface area is 188 Å². The van der Waals surface area contributed by atoms with E-state index in [1.165, 1.54) is 0 Å². The summed E-state index contributed by atoms with van der Waals surface area (Å²) in [5.41, 5.74) is 0.549. The molecule has 1 fully saturated rings. The second kappa shape index (κ2) is 7.85. The molecule has 0 bridgehead atoms. The quantitative estimate of drug-likeness (QED) is 0.713. The molecule has 32 heavy (non-hydrogen) atoms. The lowest BCUT2D eigenvalue weighted by molar-refractivity contribution is -0.133. The van der Waals surface area contributed by atoms with Crippen molar-refractivity contribution in [3.8, 4) is 0 Å². The molecule has 4 atom stereocenters.